The number of amides is 1. The summed E-state index contributed by atoms with van der Waals surface area (Å²) in [4.78, 5) is 12.1. The highest BCUT2D eigenvalue weighted by Crippen LogP contribution is 2.23. The number of methoxy groups -OCH3 is 1. The number of benzene rings is 1. The fourth-order valence-corrected chi connectivity index (χ4v) is 2.24. The van der Waals surface area contributed by atoms with E-state index < -0.39 is 0 Å². The van der Waals surface area contributed by atoms with Gasteiger partial charge in [-0.05, 0) is 25.2 Å². The minimum Gasteiger partial charge on any atom is -0.497 e. The Morgan fingerprint density at radius 3 is 2.94 bits per heavy atom. The second kappa shape index (κ2) is 6.40. The van der Waals surface area contributed by atoms with Gasteiger partial charge in [0.05, 0.1) is 13.2 Å². The summed E-state index contributed by atoms with van der Waals surface area (Å²) in [7, 11) is 3.35. The van der Waals surface area contributed by atoms with Gasteiger partial charge in [-0.25, -0.2) is 0 Å². The van der Waals surface area contributed by atoms with Gasteiger partial charge in [-0.3, -0.25) is 4.79 Å². The smallest absolute Gasteiger partial charge is 0.235 e. The van der Waals surface area contributed by atoms with E-state index in [0.717, 1.165) is 10.6 Å². The first-order chi connectivity index (χ1) is 7.67. The van der Waals surface area contributed by atoms with Crippen molar-refractivity contribution in [2.45, 2.75) is 10.9 Å². The number of hydrogen-bond donors (Lipinski definition) is 2. The second-order valence-electron chi connectivity index (χ2n) is 3.23. The van der Waals surface area contributed by atoms with Gasteiger partial charge < -0.3 is 15.8 Å². The van der Waals surface area contributed by atoms with E-state index >= 15 is 0 Å². The van der Waals surface area contributed by atoms with Crippen molar-refractivity contribution in [3.63, 3.8) is 0 Å². The molecule has 1 aromatic rings. The molecule has 1 unspecified atom stereocenters. The zero-order valence-electron chi connectivity index (χ0n) is 9.40. The fraction of sp³-hybridized carbons (Fsp3) is 0.364. The summed E-state index contributed by atoms with van der Waals surface area (Å²) in [5.74, 6) is 1.09. The Bertz CT molecular complexity index is 358. The molecule has 1 amide bonds. The lowest BCUT2D eigenvalue weighted by Gasteiger charge is -2.11. The molecule has 0 saturated carbocycles. The Labute approximate surface area is 99.5 Å². The van der Waals surface area contributed by atoms with Gasteiger partial charge in [0.25, 0.3) is 0 Å². The Kier molecular flexibility index (Phi) is 5.14. The molecule has 88 valence electrons. The summed E-state index contributed by atoms with van der Waals surface area (Å²) in [6.45, 7) is 0. The molecule has 0 radical (unpaired) electrons. The van der Waals surface area contributed by atoms with Crippen LogP contribution in [-0.4, -0.2) is 31.9 Å². The number of carbonyl (C=O) groups is 1. The molecule has 0 aliphatic rings. The third kappa shape index (κ3) is 3.75. The van der Waals surface area contributed by atoms with Crippen LogP contribution in [0.15, 0.2) is 29.2 Å². The lowest BCUT2D eigenvalue weighted by molar-refractivity contribution is -0.119. The molecule has 0 aliphatic carbocycles. The van der Waals surface area contributed by atoms with Crippen molar-refractivity contribution >= 4 is 17.7 Å². The third-order valence-corrected chi connectivity index (χ3v) is 3.24. The van der Waals surface area contributed by atoms with Crippen LogP contribution in [0.25, 0.3) is 0 Å². The van der Waals surface area contributed by atoms with Crippen LogP contribution in [0, 0.1) is 0 Å². The number of rotatable bonds is 6. The van der Waals surface area contributed by atoms with E-state index in [0.29, 0.717) is 5.75 Å². The van der Waals surface area contributed by atoms with Crippen molar-refractivity contribution in [2.75, 3.05) is 19.9 Å². The van der Waals surface area contributed by atoms with E-state index in [1.807, 2.05) is 24.3 Å². The second-order valence-corrected chi connectivity index (χ2v) is 4.33. The molecule has 0 spiro atoms. The summed E-state index contributed by atoms with van der Waals surface area (Å²) in [5.41, 5.74) is 5.23. The van der Waals surface area contributed by atoms with Gasteiger partial charge in [0.1, 0.15) is 5.75 Å². The molecule has 5 heteroatoms. The van der Waals surface area contributed by atoms with Crippen LogP contribution in [0.4, 0.5) is 0 Å². The van der Waals surface area contributed by atoms with Gasteiger partial charge in [0.2, 0.25) is 5.91 Å². The van der Waals surface area contributed by atoms with Gasteiger partial charge >= 0.3 is 0 Å². The predicted octanol–water partition coefficient (Wildman–Crippen LogP) is 0.861. The number of likely N-dealkylation sites (N-methyl/N-ethyl adjacent to an activating group) is 1. The van der Waals surface area contributed by atoms with Crippen LogP contribution in [0.1, 0.15) is 0 Å². The van der Waals surface area contributed by atoms with Crippen LogP contribution in [0.3, 0.4) is 0 Å². The summed E-state index contributed by atoms with van der Waals surface area (Å²) in [5, 5.41) is 2.87. The van der Waals surface area contributed by atoms with Crippen molar-refractivity contribution in [1.29, 1.82) is 0 Å². The van der Waals surface area contributed by atoms with Crippen LogP contribution < -0.4 is 15.8 Å². The van der Waals surface area contributed by atoms with E-state index in [2.05, 4.69) is 5.32 Å². The normalized spacial score (nSPS) is 12.1. The lowest BCUT2D eigenvalue weighted by Crippen LogP contribution is -2.41. The molecule has 0 fully saturated rings. The van der Waals surface area contributed by atoms with Gasteiger partial charge in [0, 0.05) is 10.6 Å². The van der Waals surface area contributed by atoms with Crippen molar-refractivity contribution in [3.05, 3.63) is 24.3 Å². The molecule has 16 heavy (non-hydrogen) atoms. The third-order valence-electron chi connectivity index (χ3n) is 2.15. The maximum absolute atomic E-state index is 11.0. The Morgan fingerprint density at radius 1 is 1.62 bits per heavy atom. The molecular weight excluding hydrogens is 224 g/mol. The number of ether oxygens (including phenoxy) is 1. The fourth-order valence-electron chi connectivity index (χ4n) is 1.18. The molecular formula is C11H16N2O2S. The average Bonchev–Trinajstić information content (AvgIpc) is 2.29. The van der Waals surface area contributed by atoms with Gasteiger partial charge in [-0.2, -0.15) is 0 Å². The van der Waals surface area contributed by atoms with Crippen LogP contribution >= 0.6 is 11.8 Å². The maximum atomic E-state index is 11.0. The first-order valence-electron chi connectivity index (χ1n) is 4.90. The van der Waals surface area contributed by atoms with Gasteiger partial charge in [-0.15, -0.1) is 11.8 Å². The predicted molar refractivity (Wildman–Crippen MR) is 65.8 cm³/mol. The Balaban J connectivity index is 2.56. The minimum atomic E-state index is -0.335. The van der Waals surface area contributed by atoms with Crippen LogP contribution in [0.2, 0.25) is 0 Å². The molecule has 0 aromatic heterocycles. The summed E-state index contributed by atoms with van der Waals surface area (Å²) in [6.07, 6.45) is 0. The lowest BCUT2D eigenvalue weighted by atomic mass is 10.3. The minimum absolute atomic E-state index is 0.309. The molecule has 3 N–H and O–H groups in total. The SMILES string of the molecule is CNC(CSc1cccc(OC)c1)C(N)=O. The number of primary amides is 1. The van der Waals surface area contributed by atoms with Crippen molar-refractivity contribution in [2.24, 2.45) is 5.73 Å². The van der Waals surface area contributed by atoms with E-state index in [1.165, 1.54) is 0 Å². The topological polar surface area (TPSA) is 64.3 Å². The standard InChI is InChI=1S/C11H16N2O2S/c1-13-10(11(12)14)7-16-9-5-3-4-8(6-9)15-2/h3-6,10,13H,7H2,1-2H3,(H2,12,14). The van der Waals surface area contributed by atoms with E-state index in [1.54, 1.807) is 25.9 Å². The Hall–Kier alpha value is -1.20. The largest absolute Gasteiger partial charge is 0.497 e. The summed E-state index contributed by atoms with van der Waals surface area (Å²) < 4.78 is 5.11. The Morgan fingerprint density at radius 2 is 2.38 bits per heavy atom. The van der Waals surface area contributed by atoms with Crippen molar-refractivity contribution in [1.82, 2.24) is 5.32 Å². The van der Waals surface area contributed by atoms with Gasteiger partial charge in [0.15, 0.2) is 0 Å². The van der Waals surface area contributed by atoms with Crippen molar-refractivity contribution in [3.8, 4) is 5.75 Å². The molecule has 1 atom stereocenters. The van der Waals surface area contributed by atoms with Crippen LogP contribution in [0.5, 0.6) is 5.75 Å². The highest BCUT2D eigenvalue weighted by molar-refractivity contribution is 7.99. The first kappa shape index (κ1) is 12.9. The zero-order valence-corrected chi connectivity index (χ0v) is 10.2. The molecule has 0 saturated heterocycles. The van der Waals surface area contributed by atoms with Crippen LogP contribution in [-0.2, 0) is 4.79 Å². The molecule has 1 aromatic carbocycles. The number of thioether (sulfide) groups is 1. The number of nitrogens with two attached hydrogens (primary N) is 1. The maximum Gasteiger partial charge on any atom is 0.235 e. The van der Waals surface area contributed by atoms with Gasteiger partial charge in [-0.1, -0.05) is 6.07 Å². The molecule has 0 bridgehead atoms. The van der Waals surface area contributed by atoms with Crippen molar-refractivity contribution < 1.29 is 9.53 Å². The van der Waals surface area contributed by atoms with E-state index in [4.69, 9.17) is 10.5 Å². The zero-order chi connectivity index (χ0) is 12.0. The quantitative estimate of drug-likeness (QED) is 0.724. The molecule has 0 heterocycles. The summed E-state index contributed by atoms with van der Waals surface area (Å²) >= 11 is 1.57. The molecule has 0 aliphatic heterocycles. The van der Waals surface area contributed by atoms with E-state index in [9.17, 15) is 4.79 Å². The molecule has 4 nitrogen and oxygen atoms in total. The first-order valence-corrected chi connectivity index (χ1v) is 5.89. The monoisotopic (exact) mass is 240 g/mol. The van der Waals surface area contributed by atoms with E-state index in [-0.39, 0.29) is 11.9 Å². The number of carbonyl (C=O) groups excluding carboxylic acids is 1. The number of hydrogen-bond acceptors (Lipinski definition) is 4. The highest BCUT2D eigenvalue weighted by Gasteiger charge is 2.12. The highest BCUT2D eigenvalue weighted by atomic mass is 32.2. The average molecular weight is 240 g/mol. The number of nitrogens with one attached hydrogen (secondary N) is 1. The summed E-state index contributed by atoms with van der Waals surface area (Å²) in [6, 6.07) is 7.39. The molecule has 1 rings (SSSR count).